The van der Waals surface area contributed by atoms with Crippen LogP contribution in [-0.4, -0.2) is 31.1 Å². The van der Waals surface area contributed by atoms with Gasteiger partial charge in [-0.25, -0.2) is 0 Å². The van der Waals surface area contributed by atoms with Crippen molar-refractivity contribution >= 4 is 41.7 Å². The SMILES string of the molecule is CCCN=C(N)NCCCCCCSC.I. The fraction of sp³-hybridized carbons (Fsp3) is 0.909. The molecular formula is C11H26IN3S. The Morgan fingerprint density at radius 3 is 2.56 bits per heavy atom. The van der Waals surface area contributed by atoms with Crippen LogP contribution in [0.25, 0.3) is 0 Å². The molecular weight excluding hydrogens is 333 g/mol. The molecule has 0 aromatic heterocycles. The Balaban J connectivity index is 0. The predicted molar refractivity (Wildman–Crippen MR) is 87.0 cm³/mol. The van der Waals surface area contributed by atoms with E-state index in [0.29, 0.717) is 5.96 Å². The number of hydrogen-bond acceptors (Lipinski definition) is 2. The van der Waals surface area contributed by atoms with Crippen molar-refractivity contribution in [3.8, 4) is 0 Å². The summed E-state index contributed by atoms with van der Waals surface area (Å²) in [6.07, 6.45) is 8.35. The number of guanidine groups is 1. The molecule has 98 valence electrons. The maximum absolute atomic E-state index is 5.66. The van der Waals surface area contributed by atoms with Gasteiger partial charge < -0.3 is 11.1 Å². The summed E-state index contributed by atoms with van der Waals surface area (Å²) in [6, 6.07) is 0. The average Bonchev–Trinajstić information content (AvgIpc) is 2.25. The molecule has 16 heavy (non-hydrogen) atoms. The highest BCUT2D eigenvalue weighted by atomic mass is 127. The van der Waals surface area contributed by atoms with Crippen molar-refractivity contribution in [2.24, 2.45) is 10.7 Å². The van der Waals surface area contributed by atoms with E-state index in [1.807, 2.05) is 11.8 Å². The number of nitrogens with zero attached hydrogens (tertiary/aromatic N) is 1. The normalized spacial score (nSPS) is 11.0. The summed E-state index contributed by atoms with van der Waals surface area (Å²) < 4.78 is 0. The van der Waals surface area contributed by atoms with Gasteiger partial charge in [0.1, 0.15) is 0 Å². The van der Waals surface area contributed by atoms with E-state index in [1.165, 1.54) is 31.4 Å². The zero-order valence-corrected chi connectivity index (χ0v) is 13.6. The summed E-state index contributed by atoms with van der Waals surface area (Å²) in [5, 5.41) is 3.13. The Hall–Kier alpha value is 0.350. The predicted octanol–water partition coefficient (Wildman–Crippen LogP) is 2.84. The minimum atomic E-state index is 0. The van der Waals surface area contributed by atoms with Gasteiger partial charge in [0.15, 0.2) is 5.96 Å². The van der Waals surface area contributed by atoms with E-state index in [9.17, 15) is 0 Å². The number of halogens is 1. The van der Waals surface area contributed by atoms with Gasteiger partial charge in [-0.05, 0) is 31.3 Å². The van der Waals surface area contributed by atoms with Gasteiger partial charge in [-0.1, -0.05) is 19.8 Å². The molecule has 0 fully saturated rings. The van der Waals surface area contributed by atoms with Gasteiger partial charge >= 0.3 is 0 Å². The van der Waals surface area contributed by atoms with Crippen molar-refractivity contribution in [3.63, 3.8) is 0 Å². The number of thioether (sulfide) groups is 1. The molecule has 0 amide bonds. The smallest absolute Gasteiger partial charge is 0.188 e. The Kier molecular flexibility index (Phi) is 17.9. The highest BCUT2D eigenvalue weighted by molar-refractivity contribution is 14.0. The molecule has 0 radical (unpaired) electrons. The third-order valence-electron chi connectivity index (χ3n) is 2.09. The van der Waals surface area contributed by atoms with Gasteiger partial charge in [0.25, 0.3) is 0 Å². The first-order valence-electron chi connectivity index (χ1n) is 5.84. The van der Waals surface area contributed by atoms with E-state index in [1.54, 1.807) is 0 Å². The monoisotopic (exact) mass is 359 g/mol. The number of rotatable bonds is 9. The molecule has 0 bridgehead atoms. The number of unbranched alkanes of at least 4 members (excludes halogenated alkanes) is 3. The van der Waals surface area contributed by atoms with Gasteiger partial charge in [-0.2, -0.15) is 11.8 Å². The Morgan fingerprint density at radius 2 is 1.94 bits per heavy atom. The van der Waals surface area contributed by atoms with Crippen LogP contribution in [0.4, 0.5) is 0 Å². The minimum Gasteiger partial charge on any atom is -0.370 e. The van der Waals surface area contributed by atoms with Crippen LogP contribution in [0.1, 0.15) is 39.0 Å². The maximum atomic E-state index is 5.66. The molecule has 0 heterocycles. The topological polar surface area (TPSA) is 50.4 Å². The molecule has 0 aliphatic rings. The Labute approximate surface area is 121 Å². The van der Waals surface area contributed by atoms with E-state index >= 15 is 0 Å². The molecule has 3 N–H and O–H groups in total. The Bertz CT molecular complexity index is 165. The third-order valence-corrected chi connectivity index (χ3v) is 2.78. The molecule has 0 aromatic rings. The molecule has 0 saturated carbocycles. The first-order chi connectivity index (χ1) is 7.31. The molecule has 0 aliphatic heterocycles. The second-order valence-corrected chi connectivity index (χ2v) is 4.59. The van der Waals surface area contributed by atoms with E-state index in [4.69, 9.17) is 5.73 Å². The van der Waals surface area contributed by atoms with Crippen LogP contribution < -0.4 is 11.1 Å². The van der Waals surface area contributed by atoms with Crippen LogP contribution in [-0.2, 0) is 0 Å². The van der Waals surface area contributed by atoms with Crippen LogP contribution in [0.3, 0.4) is 0 Å². The largest absolute Gasteiger partial charge is 0.370 e. The lowest BCUT2D eigenvalue weighted by Crippen LogP contribution is -2.32. The lowest BCUT2D eigenvalue weighted by atomic mass is 10.2. The van der Waals surface area contributed by atoms with E-state index < -0.39 is 0 Å². The van der Waals surface area contributed by atoms with Gasteiger partial charge in [0.05, 0.1) is 0 Å². The quantitative estimate of drug-likeness (QED) is 0.288. The molecule has 0 aromatic carbocycles. The molecule has 3 nitrogen and oxygen atoms in total. The lowest BCUT2D eigenvalue weighted by molar-refractivity contribution is 0.655. The summed E-state index contributed by atoms with van der Waals surface area (Å²) in [5.41, 5.74) is 5.66. The Morgan fingerprint density at radius 1 is 1.25 bits per heavy atom. The number of nitrogens with two attached hydrogens (primary N) is 1. The van der Waals surface area contributed by atoms with Crippen molar-refractivity contribution in [3.05, 3.63) is 0 Å². The zero-order chi connectivity index (χ0) is 11.4. The molecule has 0 atom stereocenters. The van der Waals surface area contributed by atoms with Crippen molar-refractivity contribution < 1.29 is 0 Å². The number of nitrogens with one attached hydrogen (secondary N) is 1. The van der Waals surface area contributed by atoms with Gasteiger partial charge in [-0.15, -0.1) is 24.0 Å². The third kappa shape index (κ3) is 14.4. The van der Waals surface area contributed by atoms with Gasteiger partial charge in [0.2, 0.25) is 0 Å². The molecule has 0 spiro atoms. The molecule has 0 unspecified atom stereocenters. The van der Waals surface area contributed by atoms with Gasteiger partial charge in [0, 0.05) is 13.1 Å². The molecule has 0 rings (SSSR count). The summed E-state index contributed by atoms with van der Waals surface area (Å²) in [6.45, 7) is 3.88. The van der Waals surface area contributed by atoms with Crippen molar-refractivity contribution in [1.82, 2.24) is 5.32 Å². The highest BCUT2D eigenvalue weighted by Gasteiger charge is 1.92. The van der Waals surface area contributed by atoms with Crippen LogP contribution in [0.5, 0.6) is 0 Å². The first-order valence-corrected chi connectivity index (χ1v) is 7.23. The molecule has 0 aliphatic carbocycles. The van der Waals surface area contributed by atoms with Crippen molar-refractivity contribution in [1.29, 1.82) is 0 Å². The first kappa shape index (κ1) is 18.7. The van der Waals surface area contributed by atoms with Crippen LogP contribution in [0, 0.1) is 0 Å². The van der Waals surface area contributed by atoms with Crippen LogP contribution in [0.2, 0.25) is 0 Å². The number of hydrogen-bond donors (Lipinski definition) is 2. The molecule has 0 saturated heterocycles. The fourth-order valence-electron chi connectivity index (χ4n) is 1.23. The fourth-order valence-corrected chi connectivity index (χ4v) is 1.72. The van der Waals surface area contributed by atoms with Crippen LogP contribution >= 0.6 is 35.7 Å². The van der Waals surface area contributed by atoms with Crippen LogP contribution in [0.15, 0.2) is 4.99 Å². The van der Waals surface area contributed by atoms with Crippen molar-refractivity contribution in [2.75, 3.05) is 25.1 Å². The maximum Gasteiger partial charge on any atom is 0.188 e. The highest BCUT2D eigenvalue weighted by Crippen LogP contribution is 2.03. The zero-order valence-electron chi connectivity index (χ0n) is 10.5. The summed E-state index contributed by atoms with van der Waals surface area (Å²) >= 11 is 1.92. The second-order valence-electron chi connectivity index (χ2n) is 3.60. The summed E-state index contributed by atoms with van der Waals surface area (Å²) in [7, 11) is 0. The second kappa shape index (κ2) is 15.4. The van der Waals surface area contributed by atoms with Gasteiger partial charge in [-0.3, -0.25) is 4.99 Å². The van der Waals surface area contributed by atoms with E-state index in [-0.39, 0.29) is 24.0 Å². The standard InChI is InChI=1S/C11H25N3S.HI/c1-3-8-13-11(12)14-9-6-4-5-7-10-15-2;/h3-10H2,1-2H3,(H3,12,13,14);1H. The molecule has 5 heteroatoms. The summed E-state index contributed by atoms with van der Waals surface area (Å²) in [5.74, 6) is 1.88. The van der Waals surface area contributed by atoms with E-state index in [2.05, 4.69) is 23.5 Å². The average molecular weight is 359 g/mol. The van der Waals surface area contributed by atoms with E-state index in [0.717, 1.165) is 19.5 Å². The lowest BCUT2D eigenvalue weighted by Gasteiger charge is -2.04. The number of aliphatic imine (C=N–C) groups is 1. The minimum absolute atomic E-state index is 0. The van der Waals surface area contributed by atoms with Crippen molar-refractivity contribution in [2.45, 2.75) is 39.0 Å². The summed E-state index contributed by atoms with van der Waals surface area (Å²) in [4.78, 5) is 4.17.